The molecule has 1 aromatic heterocycles. The summed E-state index contributed by atoms with van der Waals surface area (Å²) < 4.78 is 97.1. The van der Waals surface area contributed by atoms with E-state index in [-0.39, 0.29) is 158 Å². The molecule has 0 fully saturated rings. The van der Waals surface area contributed by atoms with Crippen molar-refractivity contribution in [1.82, 2.24) is 15.0 Å². The maximum Gasteiger partial charge on any atom is 0.338 e. The first-order valence-electron chi connectivity index (χ1n) is 37.3. The molecule has 3 aromatic rings. The molecule has 0 saturated heterocycles. The number of unbranched alkanes of at least 4 members (excludes halogenated alkanes) is 4. The number of carbonyl (C=O) groups excluding carboxylic acids is 1. The van der Waals surface area contributed by atoms with Crippen molar-refractivity contribution in [1.29, 1.82) is 0 Å². The Bertz CT molecular complexity index is 2330. The lowest BCUT2D eigenvalue weighted by molar-refractivity contribution is -0.166. The fraction of sp³-hybridized carbons (Fsp3) is 0.795. The number of aliphatic hydroxyl groups excluding tert-OH is 16. The van der Waals surface area contributed by atoms with Gasteiger partial charge in [-0.3, -0.25) is 4.68 Å². The molecular weight excluding hydrogens is 1450 g/mol. The Morgan fingerprint density at radius 3 is 0.963 bits per heavy atom. The molecule has 0 aliphatic carbocycles. The van der Waals surface area contributed by atoms with Gasteiger partial charge in [-0.15, -0.1) is 5.10 Å². The predicted octanol–water partition coefficient (Wildman–Crippen LogP) is -3.29. The van der Waals surface area contributed by atoms with Crippen LogP contribution in [-0.2, 0) is 88.9 Å². The maximum atomic E-state index is 12.7. The maximum absolute atomic E-state index is 12.7. The van der Waals surface area contributed by atoms with E-state index in [2.05, 4.69) is 17.2 Å². The van der Waals surface area contributed by atoms with Gasteiger partial charge in [0.25, 0.3) is 0 Å². The molecule has 0 aliphatic heterocycles. The number of aryl methyl sites for hydroxylation is 1. The summed E-state index contributed by atoms with van der Waals surface area (Å²) >= 11 is 0. The number of benzene rings is 2. The van der Waals surface area contributed by atoms with Crippen LogP contribution in [0.4, 0.5) is 0 Å². The molecular formula is C73H127N3O33. The summed E-state index contributed by atoms with van der Waals surface area (Å²) in [6.45, 7) is -7.65. The fourth-order valence-electron chi connectivity index (χ4n) is 9.83. The molecule has 0 saturated carbocycles. The Labute approximate surface area is 638 Å². The van der Waals surface area contributed by atoms with Gasteiger partial charge < -0.3 is 157 Å². The highest BCUT2D eigenvalue weighted by molar-refractivity contribution is 5.90. The molecule has 632 valence electrons. The van der Waals surface area contributed by atoms with Gasteiger partial charge in [-0.1, -0.05) is 93.1 Å². The lowest BCUT2D eigenvalue weighted by atomic mass is 9.97. The molecule has 0 aliphatic rings. The second kappa shape index (κ2) is 64.1. The topological polar surface area (TPSA) is 519 Å². The highest BCUT2D eigenvalue weighted by Gasteiger charge is 2.27. The number of carbonyl (C=O) groups is 1. The van der Waals surface area contributed by atoms with Crippen LogP contribution < -0.4 is 0 Å². The van der Waals surface area contributed by atoms with Gasteiger partial charge in [0, 0.05) is 6.54 Å². The first-order chi connectivity index (χ1) is 52.8. The van der Waals surface area contributed by atoms with Gasteiger partial charge in [0.1, 0.15) is 97.3 Å². The van der Waals surface area contributed by atoms with Gasteiger partial charge in [0.05, 0.1) is 223 Å². The van der Waals surface area contributed by atoms with E-state index < -0.39 is 144 Å². The van der Waals surface area contributed by atoms with Crippen molar-refractivity contribution in [2.45, 2.75) is 163 Å². The van der Waals surface area contributed by atoms with Crippen LogP contribution >= 0.6 is 0 Å². The van der Waals surface area contributed by atoms with Crippen molar-refractivity contribution >= 4 is 5.97 Å². The van der Waals surface area contributed by atoms with Gasteiger partial charge >= 0.3 is 5.97 Å². The highest BCUT2D eigenvalue weighted by atomic mass is 16.6. The Morgan fingerprint density at radius 2 is 0.642 bits per heavy atom. The molecule has 36 nitrogen and oxygen atoms in total. The lowest BCUT2D eigenvalue weighted by Gasteiger charge is -2.29. The first-order valence-corrected chi connectivity index (χ1v) is 37.3. The summed E-state index contributed by atoms with van der Waals surface area (Å²) in [4.78, 5) is 12.7. The second-order valence-corrected chi connectivity index (χ2v) is 26.5. The number of esters is 1. The largest absolute Gasteiger partial charge is 0.462 e. The lowest BCUT2D eigenvalue weighted by Crippen LogP contribution is -2.40. The van der Waals surface area contributed by atoms with Crippen molar-refractivity contribution in [3.63, 3.8) is 0 Å². The highest BCUT2D eigenvalue weighted by Crippen LogP contribution is 2.21. The molecule has 109 heavy (non-hydrogen) atoms. The minimum Gasteiger partial charge on any atom is -0.462 e. The first kappa shape index (κ1) is 99.0. The Kier molecular flexibility index (Phi) is 58.2. The van der Waals surface area contributed by atoms with Gasteiger partial charge in [-0.2, -0.15) is 0 Å². The van der Waals surface area contributed by atoms with Crippen LogP contribution in [0, 0.1) is 5.92 Å². The van der Waals surface area contributed by atoms with Crippen molar-refractivity contribution in [2.75, 3.05) is 205 Å². The zero-order valence-corrected chi connectivity index (χ0v) is 62.9. The molecule has 0 radical (unpaired) electrons. The molecule has 16 N–H and O–H groups in total. The second-order valence-electron chi connectivity index (χ2n) is 26.5. The average molecular weight is 1570 g/mol. The van der Waals surface area contributed by atoms with Crippen LogP contribution in [0.15, 0.2) is 60.8 Å². The zero-order chi connectivity index (χ0) is 79.5. The van der Waals surface area contributed by atoms with Crippen LogP contribution in [0.1, 0.15) is 74.3 Å². The number of rotatable bonds is 75. The van der Waals surface area contributed by atoms with Crippen molar-refractivity contribution in [3.05, 3.63) is 72.1 Å². The zero-order valence-electron chi connectivity index (χ0n) is 62.9. The van der Waals surface area contributed by atoms with E-state index in [9.17, 15) is 86.5 Å². The van der Waals surface area contributed by atoms with E-state index in [1.165, 1.54) is 0 Å². The standard InChI is InChI=1S/C73H127N3O33/c1-53(12-6-4-10-20-102-73(93)56-17-15-55(16-18-56)54-13-7-2-8-14-54)11-5-3-9-19-76-21-57(74-75-76)30-103-70(47-108-71(49-104-66(39-94-31-58(85)22-77)40-95-32-59(86)23-78)50-105-67(41-96-33-60(87)24-79)42-97-34-61(88)25-80)48-109-72(51-106-68(43-98-35-62(89)26-81)44-99-36-63(90)27-82)52-107-69(45-100-37-64(91)28-83)46-101-38-65(92)29-84/h2,7-8,13-18,21,53,58-72,77-92H,3-6,9-12,19-20,22-52H2,1H3. The van der Waals surface area contributed by atoms with Crippen LogP contribution in [-0.4, -0.2) is 399 Å². The number of aromatic nitrogens is 3. The molecule has 9 atom stereocenters. The van der Waals surface area contributed by atoms with Crippen LogP contribution in [0.5, 0.6) is 0 Å². The van der Waals surface area contributed by atoms with Crippen molar-refractivity contribution in [2.24, 2.45) is 5.92 Å². The molecule has 9 unspecified atom stereocenters. The Hall–Kier alpha value is -4.19. The van der Waals surface area contributed by atoms with Gasteiger partial charge in [-0.25, -0.2) is 4.79 Å². The number of hydrogen-bond donors (Lipinski definition) is 16. The van der Waals surface area contributed by atoms with Gasteiger partial charge in [0.15, 0.2) is 0 Å². The predicted molar refractivity (Wildman–Crippen MR) is 387 cm³/mol. The van der Waals surface area contributed by atoms with Crippen molar-refractivity contribution in [3.8, 4) is 11.1 Å². The monoisotopic (exact) mass is 1570 g/mol. The number of ether oxygens (including phenoxy) is 16. The third-order valence-electron chi connectivity index (χ3n) is 16.1. The van der Waals surface area contributed by atoms with E-state index >= 15 is 0 Å². The number of nitrogens with zero attached hydrogens (tertiary/aromatic N) is 3. The minimum atomic E-state index is -1.23. The van der Waals surface area contributed by atoms with E-state index in [0.29, 0.717) is 30.3 Å². The molecule has 1 heterocycles. The summed E-state index contributed by atoms with van der Waals surface area (Å²) in [6, 6.07) is 17.3. The fourth-order valence-corrected chi connectivity index (χ4v) is 9.83. The van der Waals surface area contributed by atoms with Crippen molar-refractivity contribution < 1.29 is 162 Å². The molecule has 0 spiro atoms. The summed E-state index contributed by atoms with van der Waals surface area (Å²) in [5.41, 5.74) is 3.04. The van der Waals surface area contributed by atoms with E-state index in [1.54, 1.807) is 23.0 Å². The molecule has 0 bridgehead atoms. The SMILES string of the molecule is CC(CCCCCOC(=O)c1ccc(-c2ccccc2)cc1)CCCCCn1cc(COC(COC(COC(COCC(O)CO)COCC(O)CO)COC(COCC(O)CO)COCC(O)CO)COC(COC(COCC(O)CO)COCC(O)CO)COC(COCC(O)CO)COCC(O)CO)nn1. The Morgan fingerprint density at radius 1 is 0.349 bits per heavy atom. The summed E-state index contributed by atoms with van der Waals surface area (Å²) in [5, 5.41) is 165. The van der Waals surface area contributed by atoms with E-state index in [0.717, 1.165) is 62.5 Å². The van der Waals surface area contributed by atoms with E-state index in [4.69, 9.17) is 75.8 Å². The Balaban J connectivity index is 1.91. The summed E-state index contributed by atoms with van der Waals surface area (Å²) in [6.07, 6.45) is -7.46. The normalized spacial score (nSPS) is 16.5. The number of hydrogen-bond acceptors (Lipinski definition) is 35. The summed E-state index contributed by atoms with van der Waals surface area (Å²) in [5.74, 6) is 0.159. The van der Waals surface area contributed by atoms with Gasteiger partial charge in [0.2, 0.25) is 0 Å². The third kappa shape index (κ3) is 49.9. The molecule has 3 rings (SSSR count). The van der Waals surface area contributed by atoms with Crippen LogP contribution in [0.2, 0.25) is 0 Å². The van der Waals surface area contributed by atoms with E-state index in [1.807, 2.05) is 42.5 Å². The average Bonchev–Trinajstić information content (AvgIpc) is 1.36. The van der Waals surface area contributed by atoms with Crippen LogP contribution in [0.25, 0.3) is 11.1 Å². The minimum absolute atomic E-state index is 0.145. The number of aliphatic hydroxyl groups is 16. The quantitative estimate of drug-likeness (QED) is 0.0195. The molecule has 36 heteroatoms. The van der Waals surface area contributed by atoms with Crippen LogP contribution in [0.3, 0.4) is 0 Å². The smallest absolute Gasteiger partial charge is 0.338 e. The van der Waals surface area contributed by atoms with Gasteiger partial charge in [-0.05, 0) is 42.0 Å². The molecule has 0 amide bonds. The summed E-state index contributed by atoms with van der Waals surface area (Å²) in [7, 11) is 0. The molecule has 2 aromatic carbocycles. The third-order valence-corrected chi connectivity index (χ3v) is 16.1.